The highest BCUT2D eigenvalue weighted by Crippen LogP contribution is 2.30. The molecule has 8 saturated carbocycles. The molecule has 0 aromatic rings. The normalized spacial score (nSPS) is 18.4. The minimum Gasteiger partial charge on any atom is -0.501 e. The lowest BCUT2D eigenvalue weighted by Crippen LogP contribution is -2.24. The van der Waals surface area contributed by atoms with Crippen molar-refractivity contribution in [2.24, 2.45) is 47.3 Å². The molecule has 8 rings (SSSR count). The SMILES string of the molecule is C#CC(=O)OC(C)(C)C.CC(C)(C)OC(=O)C=COCC1CCCCC1.CC(C)(C)OC(=O)C=COCC1CCCCC1.CC(C)(C)OC(=O)CCOCC1CCCCC1.CC(C)(C)OC(=O)CCOCC1CCCCC1.O=C(O)CCOCC1CCCCC1.O=C(O)CCOCC1CCCCC1.OCC1CCCCC1.OCC1CCCCC1. The van der Waals surface area contributed by atoms with E-state index in [1.54, 1.807) is 20.8 Å². The predicted molar refractivity (Wildman–Crippen MR) is 472 cm³/mol. The third-order valence-corrected chi connectivity index (χ3v) is 21.0. The molecular formula is C97H174O22. The molecule has 0 aromatic heterocycles. The summed E-state index contributed by atoms with van der Waals surface area (Å²) in [6.07, 6.45) is 63.7. The number of ether oxygens (including phenoxy) is 11. The van der Waals surface area contributed by atoms with Crippen molar-refractivity contribution in [1.29, 1.82) is 0 Å². The number of aliphatic hydroxyl groups is 2. The Kier molecular flexibility index (Phi) is 66.9. The number of carbonyl (C=O) groups excluding carboxylic acids is 5. The summed E-state index contributed by atoms with van der Waals surface area (Å²) in [5.41, 5.74) is -2.13. The monoisotopic (exact) mass is 1690 g/mol. The van der Waals surface area contributed by atoms with Crippen LogP contribution in [0.2, 0.25) is 0 Å². The quantitative estimate of drug-likeness (QED) is 0.00988. The molecule has 8 fully saturated rings. The molecule has 0 spiro atoms. The highest BCUT2D eigenvalue weighted by Gasteiger charge is 2.23. The minimum atomic E-state index is -0.774. The second-order valence-electron chi connectivity index (χ2n) is 38.6. The first-order chi connectivity index (χ1) is 56.3. The average Bonchev–Trinajstić information content (AvgIpc) is 0.958. The number of hydrogen-bond donors (Lipinski definition) is 4. The van der Waals surface area contributed by atoms with Crippen molar-refractivity contribution < 1.29 is 106 Å². The molecule has 8 aliphatic rings. The van der Waals surface area contributed by atoms with Crippen molar-refractivity contribution in [2.75, 3.05) is 79.3 Å². The Balaban J connectivity index is 0.00000133. The lowest BCUT2D eigenvalue weighted by Gasteiger charge is -2.22. The number of rotatable bonds is 30. The Labute approximate surface area is 722 Å². The molecule has 4 N–H and O–H groups in total. The molecule has 0 saturated heterocycles. The molecular weight excluding hydrogens is 1520 g/mol. The third-order valence-electron chi connectivity index (χ3n) is 21.0. The molecule has 0 atom stereocenters. The first-order valence-electron chi connectivity index (χ1n) is 46.4. The summed E-state index contributed by atoms with van der Waals surface area (Å²) in [6.45, 7) is 34.8. The van der Waals surface area contributed by atoms with E-state index >= 15 is 0 Å². The second-order valence-corrected chi connectivity index (χ2v) is 38.6. The van der Waals surface area contributed by atoms with Crippen LogP contribution in [-0.2, 0) is 85.7 Å². The van der Waals surface area contributed by atoms with Gasteiger partial charge in [0.15, 0.2) is 0 Å². The number of aliphatic hydroxyl groups excluding tert-OH is 2. The van der Waals surface area contributed by atoms with E-state index in [1.807, 2.05) is 89.0 Å². The number of esters is 5. The summed E-state index contributed by atoms with van der Waals surface area (Å²) in [4.78, 5) is 76.2. The van der Waals surface area contributed by atoms with Crippen LogP contribution in [0.1, 0.15) is 386 Å². The topological polar surface area (TPSA) is 302 Å². The van der Waals surface area contributed by atoms with Gasteiger partial charge in [-0.15, -0.1) is 6.42 Å². The Hall–Kier alpha value is -5.31. The van der Waals surface area contributed by atoms with Gasteiger partial charge in [0.25, 0.3) is 0 Å². The van der Waals surface area contributed by atoms with E-state index in [2.05, 4.69) is 0 Å². The summed E-state index contributed by atoms with van der Waals surface area (Å²) in [5.74, 6) is 4.07. The lowest BCUT2D eigenvalue weighted by atomic mass is 9.90. The molecule has 0 aliphatic heterocycles. The zero-order valence-electron chi connectivity index (χ0n) is 77.7. The minimum absolute atomic E-state index is 0.132. The van der Waals surface area contributed by atoms with E-state index in [4.69, 9.17) is 79.0 Å². The highest BCUT2D eigenvalue weighted by molar-refractivity contribution is 5.88. The summed E-state index contributed by atoms with van der Waals surface area (Å²) in [6, 6.07) is 0. The van der Waals surface area contributed by atoms with Gasteiger partial charge in [0.05, 0.1) is 90.0 Å². The predicted octanol–water partition coefficient (Wildman–Crippen LogP) is 21.7. The van der Waals surface area contributed by atoms with Crippen LogP contribution >= 0.6 is 0 Å². The van der Waals surface area contributed by atoms with Crippen LogP contribution in [0.4, 0.5) is 0 Å². The number of aliphatic carboxylic acids is 2. The molecule has 8 aliphatic carbocycles. The van der Waals surface area contributed by atoms with Gasteiger partial charge in [-0.2, -0.15) is 0 Å². The zero-order valence-corrected chi connectivity index (χ0v) is 77.7. The standard InChI is InChI=1S/2C14H26O3.2C14H24O3.2C10H18O3.C7H10O2.2C7H14O/c4*1-14(2,3)17-13(15)9-10-16-11-12-7-5-4-6-8-12;2*11-10(12)6-7-13-8-9-4-2-1-3-5-9;1-5-6(8)9-7(2,3)4;2*8-6-7-4-2-1-3-5-7/h2*12H,4-11H2,1-3H3;2*9-10,12H,4-8,11H2,1-3H3;2*9H,1-8H2,(H,11,12);1H,2-4H3;2*7-8H,1-6H2. The molecule has 0 unspecified atom stereocenters. The van der Waals surface area contributed by atoms with Crippen molar-refractivity contribution in [3.8, 4) is 12.3 Å². The van der Waals surface area contributed by atoms with Crippen molar-refractivity contribution in [3.63, 3.8) is 0 Å². The molecule has 0 amide bonds. The van der Waals surface area contributed by atoms with Gasteiger partial charge >= 0.3 is 41.8 Å². The van der Waals surface area contributed by atoms with Gasteiger partial charge in [0, 0.05) is 45.6 Å². The molecule has 0 radical (unpaired) electrons. The van der Waals surface area contributed by atoms with Gasteiger partial charge in [-0.3, -0.25) is 19.2 Å². The fraction of sp³-hybridized carbons (Fsp3) is 0.866. The van der Waals surface area contributed by atoms with Crippen LogP contribution in [0, 0.1) is 59.7 Å². The number of terminal acetylenes is 1. The molecule has 22 heteroatoms. The molecule has 0 aromatic carbocycles. The van der Waals surface area contributed by atoms with Crippen molar-refractivity contribution in [3.05, 3.63) is 24.7 Å². The summed E-state index contributed by atoms with van der Waals surface area (Å²) >= 11 is 0. The Bertz CT molecular complexity index is 2460. The van der Waals surface area contributed by atoms with E-state index in [-0.39, 0.29) is 47.9 Å². The Morgan fingerprint density at radius 1 is 0.294 bits per heavy atom. The van der Waals surface area contributed by atoms with Gasteiger partial charge in [-0.25, -0.2) is 14.4 Å². The van der Waals surface area contributed by atoms with E-state index in [0.29, 0.717) is 99.8 Å². The highest BCUT2D eigenvalue weighted by atomic mass is 16.6. The maximum Gasteiger partial charge on any atom is 0.384 e. The van der Waals surface area contributed by atoms with Crippen LogP contribution in [0.25, 0.3) is 0 Å². The number of hydrogen-bond acceptors (Lipinski definition) is 20. The van der Waals surface area contributed by atoms with Crippen molar-refractivity contribution in [1.82, 2.24) is 0 Å². The Morgan fingerprint density at radius 3 is 0.672 bits per heavy atom. The maximum absolute atomic E-state index is 11.4. The molecule has 22 nitrogen and oxygen atoms in total. The van der Waals surface area contributed by atoms with E-state index in [1.165, 1.54) is 282 Å². The van der Waals surface area contributed by atoms with Crippen LogP contribution in [-0.4, -0.2) is 169 Å². The number of carboxylic acids is 2. The maximum atomic E-state index is 11.4. The van der Waals surface area contributed by atoms with Gasteiger partial charge in [-0.05, 0) is 254 Å². The van der Waals surface area contributed by atoms with E-state index < -0.39 is 34.7 Å². The molecule has 0 heterocycles. The van der Waals surface area contributed by atoms with Gasteiger partial charge in [-0.1, -0.05) is 154 Å². The molecule has 0 bridgehead atoms. The summed E-state index contributed by atoms with van der Waals surface area (Å²) in [5, 5.41) is 34.1. The fourth-order valence-electron chi connectivity index (χ4n) is 14.8. The number of carbonyl (C=O) groups is 7. The smallest absolute Gasteiger partial charge is 0.384 e. The largest absolute Gasteiger partial charge is 0.501 e. The van der Waals surface area contributed by atoms with Gasteiger partial charge in [0.2, 0.25) is 0 Å². The summed E-state index contributed by atoms with van der Waals surface area (Å²) in [7, 11) is 0. The molecule has 119 heavy (non-hydrogen) atoms. The molecule has 694 valence electrons. The Morgan fingerprint density at radius 2 is 0.496 bits per heavy atom. The zero-order chi connectivity index (χ0) is 89.1. The van der Waals surface area contributed by atoms with Crippen LogP contribution < -0.4 is 0 Å². The van der Waals surface area contributed by atoms with Crippen molar-refractivity contribution in [2.45, 2.75) is 414 Å². The van der Waals surface area contributed by atoms with Gasteiger partial charge in [0.1, 0.15) is 28.0 Å². The average molecular weight is 1690 g/mol. The lowest BCUT2D eigenvalue weighted by molar-refractivity contribution is -0.157. The van der Waals surface area contributed by atoms with Crippen LogP contribution in [0.5, 0.6) is 0 Å². The first-order valence-corrected chi connectivity index (χ1v) is 46.4. The fourth-order valence-corrected chi connectivity index (χ4v) is 14.8. The number of carboxylic acid groups (broad SMARTS) is 2. The first kappa shape index (κ1) is 114. The van der Waals surface area contributed by atoms with Gasteiger partial charge < -0.3 is 72.5 Å². The van der Waals surface area contributed by atoms with E-state index in [9.17, 15) is 33.6 Å². The second kappa shape index (κ2) is 70.0. The van der Waals surface area contributed by atoms with E-state index in [0.717, 1.165) is 39.6 Å². The van der Waals surface area contributed by atoms with Crippen molar-refractivity contribution >= 4 is 41.8 Å². The summed E-state index contributed by atoms with van der Waals surface area (Å²) < 4.78 is 57.9. The van der Waals surface area contributed by atoms with Crippen LogP contribution in [0.3, 0.4) is 0 Å². The van der Waals surface area contributed by atoms with Crippen LogP contribution in [0.15, 0.2) is 24.7 Å². The third kappa shape index (κ3) is 79.6.